The van der Waals surface area contributed by atoms with Gasteiger partial charge in [-0.1, -0.05) is 18.2 Å². The number of rotatable bonds is 3. The molecule has 1 unspecified atom stereocenters. The summed E-state index contributed by atoms with van der Waals surface area (Å²) in [4.78, 5) is 24.5. The highest BCUT2D eigenvalue weighted by molar-refractivity contribution is 5.98. The second-order valence-electron chi connectivity index (χ2n) is 4.43. The predicted octanol–water partition coefficient (Wildman–Crippen LogP) is 0.722. The van der Waals surface area contributed by atoms with E-state index in [0.717, 1.165) is 5.56 Å². The Morgan fingerprint density at radius 3 is 2.83 bits per heavy atom. The molecule has 1 amide bonds. The van der Waals surface area contributed by atoms with E-state index in [4.69, 9.17) is 5.73 Å². The molecule has 1 aromatic rings. The van der Waals surface area contributed by atoms with Crippen LogP contribution in [-0.2, 0) is 16.0 Å². The Kier molecular flexibility index (Phi) is 3.34. The lowest BCUT2D eigenvalue weighted by atomic mass is 9.90. The number of nitrogens with two attached hydrogens (primary N) is 1. The number of para-hydroxylation sites is 1. The summed E-state index contributed by atoms with van der Waals surface area (Å²) in [5.41, 5.74) is 7.88. The number of benzene rings is 1. The maximum Gasteiger partial charge on any atom is 0.312 e. The molecule has 5 nitrogen and oxygen atoms in total. The second kappa shape index (κ2) is 4.78. The summed E-state index contributed by atoms with van der Waals surface area (Å²) in [5.74, 6) is -1.72. The molecule has 18 heavy (non-hydrogen) atoms. The molecule has 1 aromatic carbocycles. The third-order valence-corrected chi connectivity index (χ3v) is 3.38. The van der Waals surface area contributed by atoms with Crippen molar-refractivity contribution in [1.29, 1.82) is 0 Å². The molecule has 0 saturated heterocycles. The van der Waals surface area contributed by atoms with Gasteiger partial charge in [0.25, 0.3) is 0 Å². The fraction of sp³-hybridized carbons (Fsp3) is 0.385. The molecule has 0 spiro atoms. The molecule has 0 radical (unpaired) electrons. The fourth-order valence-corrected chi connectivity index (χ4v) is 2.40. The van der Waals surface area contributed by atoms with Crippen molar-refractivity contribution in [1.82, 2.24) is 0 Å². The van der Waals surface area contributed by atoms with Gasteiger partial charge in [0.2, 0.25) is 5.91 Å². The lowest BCUT2D eigenvalue weighted by Gasteiger charge is -2.29. The molecule has 96 valence electrons. The Hall–Kier alpha value is -1.88. The van der Waals surface area contributed by atoms with E-state index >= 15 is 0 Å². The molecule has 2 rings (SSSR count). The number of amides is 1. The number of nitrogens with zero attached hydrogens (tertiary/aromatic N) is 1. The zero-order valence-corrected chi connectivity index (χ0v) is 10.2. The molecule has 0 fully saturated rings. The summed E-state index contributed by atoms with van der Waals surface area (Å²) in [5, 5.41) is 9.20. The number of hydrogen-bond donors (Lipinski definition) is 2. The van der Waals surface area contributed by atoms with Crippen LogP contribution in [0, 0.1) is 0 Å². The Morgan fingerprint density at radius 1 is 1.50 bits per heavy atom. The second-order valence-corrected chi connectivity index (χ2v) is 4.43. The zero-order valence-electron chi connectivity index (χ0n) is 10.2. The van der Waals surface area contributed by atoms with E-state index in [1.165, 1.54) is 0 Å². The van der Waals surface area contributed by atoms with Crippen LogP contribution >= 0.6 is 0 Å². The standard InChI is InChI=1S/C13H16N2O3/c1-15-11(16)6-5-8-3-2-4-9(12(8)15)10(7-14)13(17)18/h2-4,10H,5-7,14H2,1H3,(H,17,18). The van der Waals surface area contributed by atoms with Crippen molar-refractivity contribution in [3.8, 4) is 0 Å². The summed E-state index contributed by atoms with van der Waals surface area (Å²) in [6.45, 7) is 0.0216. The van der Waals surface area contributed by atoms with E-state index in [0.29, 0.717) is 24.1 Å². The van der Waals surface area contributed by atoms with Gasteiger partial charge >= 0.3 is 5.97 Å². The number of carboxylic acid groups (broad SMARTS) is 1. The average Bonchev–Trinajstić information content (AvgIpc) is 2.34. The van der Waals surface area contributed by atoms with Gasteiger partial charge in [-0.2, -0.15) is 0 Å². The van der Waals surface area contributed by atoms with E-state index in [9.17, 15) is 14.7 Å². The first-order valence-corrected chi connectivity index (χ1v) is 5.87. The minimum Gasteiger partial charge on any atom is -0.481 e. The minimum atomic E-state index is -0.961. The topological polar surface area (TPSA) is 83.6 Å². The maximum atomic E-state index is 11.7. The van der Waals surface area contributed by atoms with Crippen LogP contribution in [0.5, 0.6) is 0 Å². The number of carbonyl (C=O) groups is 2. The van der Waals surface area contributed by atoms with Crippen LogP contribution in [0.4, 0.5) is 5.69 Å². The first-order valence-electron chi connectivity index (χ1n) is 5.87. The Labute approximate surface area is 105 Å². The molecule has 0 aromatic heterocycles. The van der Waals surface area contributed by atoms with Crippen LogP contribution in [-0.4, -0.2) is 30.6 Å². The van der Waals surface area contributed by atoms with Gasteiger partial charge < -0.3 is 15.7 Å². The van der Waals surface area contributed by atoms with Crippen molar-refractivity contribution in [3.05, 3.63) is 29.3 Å². The predicted molar refractivity (Wildman–Crippen MR) is 67.6 cm³/mol. The van der Waals surface area contributed by atoms with Gasteiger partial charge in [-0.3, -0.25) is 9.59 Å². The molecule has 3 N–H and O–H groups in total. The number of hydrogen-bond acceptors (Lipinski definition) is 3. The van der Waals surface area contributed by atoms with Gasteiger partial charge in [-0.05, 0) is 17.5 Å². The summed E-state index contributed by atoms with van der Waals surface area (Å²) < 4.78 is 0. The number of carbonyl (C=O) groups excluding carboxylic acids is 1. The van der Waals surface area contributed by atoms with Crippen molar-refractivity contribution in [2.24, 2.45) is 5.73 Å². The molecule has 1 aliphatic rings. The van der Waals surface area contributed by atoms with Gasteiger partial charge in [-0.25, -0.2) is 0 Å². The first kappa shape index (κ1) is 12.6. The largest absolute Gasteiger partial charge is 0.481 e. The molecule has 1 atom stereocenters. The summed E-state index contributed by atoms with van der Waals surface area (Å²) in [6, 6.07) is 5.49. The number of anilines is 1. The van der Waals surface area contributed by atoms with Crippen molar-refractivity contribution >= 4 is 17.6 Å². The number of aryl methyl sites for hydroxylation is 1. The molecule has 0 aliphatic carbocycles. The number of aliphatic carboxylic acids is 1. The van der Waals surface area contributed by atoms with Crippen LogP contribution in [0.3, 0.4) is 0 Å². The molecule has 1 aliphatic heterocycles. The van der Waals surface area contributed by atoms with Gasteiger partial charge in [-0.15, -0.1) is 0 Å². The number of carboxylic acids is 1. The Bertz CT molecular complexity index is 499. The highest BCUT2D eigenvalue weighted by Crippen LogP contribution is 2.34. The molecule has 1 heterocycles. The molecule has 0 bridgehead atoms. The summed E-state index contributed by atoms with van der Waals surface area (Å²) in [6.07, 6.45) is 1.12. The minimum absolute atomic E-state index is 0.0103. The molecule has 5 heteroatoms. The van der Waals surface area contributed by atoms with Gasteiger partial charge in [0, 0.05) is 20.0 Å². The van der Waals surface area contributed by atoms with E-state index < -0.39 is 11.9 Å². The first-order chi connectivity index (χ1) is 8.56. The van der Waals surface area contributed by atoms with Crippen molar-refractivity contribution in [2.75, 3.05) is 18.5 Å². The maximum absolute atomic E-state index is 11.7. The Morgan fingerprint density at radius 2 is 2.22 bits per heavy atom. The highest BCUT2D eigenvalue weighted by Gasteiger charge is 2.28. The lowest BCUT2D eigenvalue weighted by molar-refractivity contribution is -0.138. The van der Waals surface area contributed by atoms with E-state index in [-0.39, 0.29) is 12.5 Å². The van der Waals surface area contributed by atoms with Gasteiger partial charge in [0.15, 0.2) is 0 Å². The van der Waals surface area contributed by atoms with Crippen LogP contribution < -0.4 is 10.6 Å². The molecular weight excluding hydrogens is 232 g/mol. The van der Waals surface area contributed by atoms with Crippen molar-refractivity contribution in [2.45, 2.75) is 18.8 Å². The third-order valence-electron chi connectivity index (χ3n) is 3.38. The van der Waals surface area contributed by atoms with Crippen molar-refractivity contribution in [3.63, 3.8) is 0 Å². The fourth-order valence-electron chi connectivity index (χ4n) is 2.40. The quantitative estimate of drug-likeness (QED) is 0.825. The van der Waals surface area contributed by atoms with E-state index in [1.54, 1.807) is 18.0 Å². The molecular formula is C13H16N2O3. The van der Waals surface area contributed by atoms with E-state index in [2.05, 4.69) is 0 Å². The van der Waals surface area contributed by atoms with Crippen molar-refractivity contribution < 1.29 is 14.7 Å². The smallest absolute Gasteiger partial charge is 0.312 e. The number of fused-ring (bicyclic) bond motifs is 1. The normalized spacial score (nSPS) is 16.3. The van der Waals surface area contributed by atoms with Crippen LogP contribution in [0.2, 0.25) is 0 Å². The van der Waals surface area contributed by atoms with Gasteiger partial charge in [0.05, 0.1) is 11.6 Å². The van der Waals surface area contributed by atoms with Crippen LogP contribution in [0.15, 0.2) is 18.2 Å². The molecule has 0 saturated carbocycles. The van der Waals surface area contributed by atoms with E-state index in [1.807, 2.05) is 12.1 Å². The highest BCUT2D eigenvalue weighted by atomic mass is 16.4. The summed E-state index contributed by atoms with van der Waals surface area (Å²) in [7, 11) is 1.68. The lowest BCUT2D eigenvalue weighted by Crippen LogP contribution is -2.34. The Balaban J connectivity index is 2.56. The SMILES string of the molecule is CN1C(=O)CCc2cccc(C(CN)C(=O)O)c21. The summed E-state index contributed by atoms with van der Waals surface area (Å²) >= 11 is 0. The third kappa shape index (κ3) is 1.97. The monoisotopic (exact) mass is 248 g/mol. The van der Waals surface area contributed by atoms with Gasteiger partial charge in [0.1, 0.15) is 0 Å². The zero-order chi connectivity index (χ0) is 13.3. The average molecular weight is 248 g/mol. The van der Waals surface area contributed by atoms with Crippen LogP contribution in [0.1, 0.15) is 23.5 Å². The van der Waals surface area contributed by atoms with Crippen LogP contribution in [0.25, 0.3) is 0 Å².